The number of hydrogen-bond acceptors (Lipinski definition) is 0. The predicted molar refractivity (Wildman–Crippen MR) is 42.6 cm³/mol. The smallest absolute Gasteiger partial charge is 0.219 e. The van der Waals surface area contributed by atoms with Crippen LogP contribution in [-0.4, -0.2) is 9.04 Å². The summed E-state index contributed by atoms with van der Waals surface area (Å²) in [5.74, 6) is 0. The maximum Gasteiger partial charge on any atom is 0.219 e. The lowest BCUT2D eigenvalue weighted by Gasteiger charge is -1.97. The average molecular weight is 145 g/mol. The molecule has 0 rings (SSSR count). The summed E-state index contributed by atoms with van der Waals surface area (Å²) in [5, 5.41) is 0. The molecule has 0 N–H and O–H groups in total. The number of rotatable bonds is 5. The first-order valence-corrected chi connectivity index (χ1v) is 6.37. The zero-order valence-electron chi connectivity index (χ0n) is 6.52. The Hall–Kier alpha value is 0.177. The van der Waals surface area contributed by atoms with Gasteiger partial charge in [0.15, 0.2) is 0 Å². The number of hydrogen-bond donors (Lipinski definition) is 0. The van der Waals surface area contributed by atoms with E-state index in [4.69, 9.17) is 0 Å². The molecule has 0 bridgehead atoms. The van der Waals surface area contributed by atoms with E-state index in [2.05, 4.69) is 6.92 Å². The zero-order valence-corrected chi connectivity index (χ0v) is 7.68. The topological polar surface area (TPSA) is 19.9 Å². The summed E-state index contributed by atoms with van der Waals surface area (Å²) in [6.45, 7) is 4.07. The summed E-state index contributed by atoms with van der Waals surface area (Å²) in [6, 6.07) is 1.00. The normalized spacial score (nSPS) is 13.7. The molecule has 1 radical (unpaired) electrons. The van der Waals surface area contributed by atoms with E-state index in [1.165, 1.54) is 25.7 Å². The number of unbranched alkanes of at least 4 members (excludes halogenated alkanes) is 3. The Kier molecular flexibility index (Phi) is 6.42. The van der Waals surface area contributed by atoms with Crippen molar-refractivity contribution >= 4 is 9.04 Å². The third-order valence-corrected chi connectivity index (χ3v) is 2.69. The van der Waals surface area contributed by atoms with E-state index < -0.39 is 9.04 Å². The third kappa shape index (κ3) is 8.18. The Morgan fingerprint density at radius 2 is 1.89 bits per heavy atom. The van der Waals surface area contributed by atoms with Gasteiger partial charge < -0.3 is 4.80 Å². The maximum atomic E-state index is 10.6. The van der Waals surface area contributed by atoms with Crippen molar-refractivity contribution in [3.8, 4) is 0 Å². The van der Waals surface area contributed by atoms with Crippen molar-refractivity contribution in [2.45, 2.75) is 45.2 Å². The largest absolute Gasteiger partial charge is 0.302 e. The van der Waals surface area contributed by atoms with Crippen LogP contribution in [0.3, 0.4) is 0 Å². The van der Waals surface area contributed by atoms with Gasteiger partial charge in [-0.1, -0.05) is 32.6 Å². The molecule has 0 aromatic heterocycles. The molecule has 0 aromatic carbocycles. The maximum absolute atomic E-state index is 10.6. The van der Waals surface area contributed by atoms with Crippen LogP contribution in [0.1, 0.15) is 32.6 Å². The van der Waals surface area contributed by atoms with Crippen LogP contribution in [0, 0.1) is 0 Å². The van der Waals surface area contributed by atoms with Gasteiger partial charge in [-0.2, -0.15) is 0 Å². The quantitative estimate of drug-likeness (QED) is 0.418. The van der Waals surface area contributed by atoms with Crippen molar-refractivity contribution in [3.05, 3.63) is 0 Å². The highest BCUT2D eigenvalue weighted by Crippen LogP contribution is 2.04. The van der Waals surface area contributed by atoms with Gasteiger partial charge >= 0.3 is 0 Å². The van der Waals surface area contributed by atoms with Crippen LogP contribution in [-0.2, 0) is 4.80 Å². The van der Waals surface area contributed by atoms with Crippen LogP contribution in [0.4, 0.5) is 0 Å². The lowest BCUT2D eigenvalue weighted by atomic mass is 10.2. The van der Waals surface area contributed by atoms with Gasteiger partial charge in [0.1, 0.15) is 0 Å². The Bertz CT molecular complexity index is 54.9. The van der Waals surface area contributed by atoms with Crippen LogP contribution in [0.25, 0.3) is 0 Å². The second-order valence-corrected chi connectivity index (χ2v) is 4.86. The summed E-state index contributed by atoms with van der Waals surface area (Å²) >= 11 is 0. The van der Waals surface area contributed by atoms with Crippen molar-refractivity contribution in [1.82, 2.24) is 0 Å². The van der Waals surface area contributed by atoms with Crippen LogP contribution >= 0.6 is 0 Å². The van der Waals surface area contributed by atoms with E-state index in [9.17, 15) is 4.80 Å². The highest BCUT2D eigenvalue weighted by atomic mass is 28.3. The molecule has 1 nitrogen and oxygen atoms in total. The molecule has 9 heavy (non-hydrogen) atoms. The monoisotopic (exact) mass is 145 g/mol. The summed E-state index contributed by atoms with van der Waals surface area (Å²) in [4.78, 5) is 10.6. The van der Waals surface area contributed by atoms with Gasteiger partial charge in [0.05, 0.1) is 0 Å². The van der Waals surface area contributed by atoms with Crippen LogP contribution in [0.5, 0.6) is 0 Å². The second kappa shape index (κ2) is 6.30. The second-order valence-electron chi connectivity index (χ2n) is 2.66. The Balaban J connectivity index is 2.75. The molecule has 0 saturated heterocycles. The molecule has 0 aliphatic heterocycles. The average Bonchev–Trinajstić information content (AvgIpc) is 1.80. The molecule has 0 heterocycles. The van der Waals surface area contributed by atoms with Crippen molar-refractivity contribution < 1.29 is 4.80 Å². The first-order valence-electron chi connectivity index (χ1n) is 3.93. The van der Waals surface area contributed by atoms with Crippen molar-refractivity contribution in [3.63, 3.8) is 0 Å². The first-order chi connectivity index (χ1) is 4.27. The molecule has 2 heteroatoms. The van der Waals surface area contributed by atoms with Crippen LogP contribution in [0.2, 0.25) is 12.6 Å². The van der Waals surface area contributed by atoms with Gasteiger partial charge in [0.25, 0.3) is 0 Å². The predicted octanol–water partition coefficient (Wildman–Crippen LogP) is 2.35. The van der Waals surface area contributed by atoms with Gasteiger partial charge in [-0.3, -0.25) is 0 Å². The first kappa shape index (κ1) is 9.18. The molecule has 0 aliphatic carbocycles. The SMILES string of the molecule is CCCCCC[SiH](C)[O]. The summed E-state index contributed by atoms with van der Waals surface area (Å²) in [7, 11) is -1.46. The summed E-state index contributed by atoms with van der Waals surface area (Å²) in [5.41, 5.74) is 0. The molecule has 0 fully saturated rings. The van der Waals surface area contributed by atoms with Gasteiger partial charge in [-0.05, 0) is 12.6 Å². The lowest BCUT2D eigenvalue weighted by molar-refractivity contribution is 0.448. The van der Waals surface area contributed by atoms with Gasteiger partial charge in [0.2, 0.25) is 9.04 Å². The van der Waals surface area contributed by atoms with E-state index in [0.717, 1.165) is 6.04 Å². The van der Waals surface area contributed by atoms with Crippen LogP contribution < -0.4 is 0 Å². The standard InChI is InChI=1S/C7H17OSi/c1-3-4-5-6-7-9(2)8/h9H,3-7H2,1-2H3. The lowest BCUT2D eigenvalue weighted by Crippen LogP contribution is -2.01. The molecular weight excluding hydrogens is 128 g/mol. The van der Waals surface area contributed by atoms with Crippen molar-refractivity contribution in [2.75, 3.05) is 0 Å². The minimum Gasteiger partial charge on any atom is -0.302 e. The fraction of sp³-hybridized carbons (Fsp3) is 1.00. The van der Waals surface area contributed by atoms with E-state index in [1.807, 2.05) is 6.55 Å². The molecule has 1 unspecified atom stereocenters. The molecule has 0 amide bonds. The molecule has 0 aliphatic rings. The Morgan fingerprint density at radius 1 is 1.22 bits per heavy atom. The molecule has 55 valence electrons. The molecule has 0 saturated carbocycles. The Morgan fingerprint density at radius 3 is 2.33 bits per heavy atom. The van der Waals surface area contributed by atoms with E-state index in [1.54, 1.807) is 0 Å². The summed E-state index contributed by atoms with van der Waals surface area (Å²) < 4.78 is 0. The van der Waals surface area contributed by atoms with E-state index in [0.29, 0.717) is 0 Å². The molecule has 0 spiro atoms. The zero-order chi connectivity index (χ0) is 7.11. The van der Waals surface area contributed by atoms with E-state index in [-0.39, 0.29) is 0 Å². The van der Waals surface area contributed by atoms with Crippen molar-refractivity contribution in [2.24, 2.45) is 0 Å². The fourth-order valence-electron chi connectivity index (χ4n) is 0.859. The highest BCUT2D eigenvalue weighted by molar-refractivity contribution is 6.48. The van der Waals surface area contributed by atoms with Gasteiger partial charge in [-0.15, -0.1) is 0 Å². The van der Waals surface area contributed by atoms with Crippen LogP contribution in [0.15, 0.2) is 0 Å². The van der Waals surface area contributed by atoms with Gasteiger partial charge in [0, 0.05) is 0 Å². The Labute approximate surface area is 59.8 Å². The minimum atomic E-state index is -1.46. The summed E-state index contributed by atoms with van der Waals surface area (Å²) in [6.07, 6.45) is 5.04. The van der Waals surface area contributed by atoms with Gasteiger partial charge in [-0.25, -0.2) is 0 Å². The molecule has 1 atom stereocenters. The van der Waals surface area contributed by atoms with E-state index >= 15 is 0 Å². The molecule has 0 aromatic rings. The molecular formula is C7H17OSi. The fourth-order valence-corrected chi connectivity index (χ4v) is 1.72. The highest BCUT2D eigenvalue weighted by Gasteiger charge is 1.98. The van der Waals surface area contributed by atoms with Crippen molar-refractivity contribution in [1.29, 1.82) is 0 Å². The third-order valence-electron chi connectivity index (χ3n) is 1.46. The minimum absolute atomic E-state index is 1.00.